The summed E-state index contributed by atoms with van der Waals surface area (Å²) < 4.78 is 2.04. The van der Waals surface area contributed by atoms with Crippen LogP contribution in [0.2, 0.25) is 5.02 Å². The fourth-order valence-electron chi connectivity index (χ4n) is 3.27. The topological polar surface area (TPSA) is 29.9 Å². The van der Waals surface area contributed by atoms with Crippen LogP contribution in [-0.2, 0) is 13.0 Å². The summed E-state index contributed by atoms with van der Waals surface area (Å²) in [5.74, 6) is 0. The third kappa shape index (κ3) is 1.97. The van der Waals surface area contributed by atoms with E-state index in [-0.39, 0.29) is 0 Å². The number of hydrogen-bond donors (Lipinski definition) is 1. The number of halogens is 1. The summed E-state index contributed by atoms with van der Waals surface area (Å²) in [4.78, 5) is 0. The first-order valence-electron chi connectivity index (χ1n) is 6.85. The lowest BCUT2D eigenvalue weighted by Crippen LogP contribution is -2.31. The van der Waals surface area contributed by atoms with E-state index in [2.05, 4.69) is 17.6 Å². The number of rotatable bonds is 2. The number of benzene rings is 1. The molecule has 1 aromatic heterocycles. The summed E-state index contributed by atoms with van der Waals surface area (Å²) in [5, 5.41) is 9.22. The van der Waals surface area contributed by atoms with Crippen LogP contribution in [0.4, 0.5) is 0 Å². The van der Waals surface area contributed by atoms with E-state index in [1.165, 1.54) is 24.1 Å². The number of aromatic nitrogens is 2. The SMILES string of the molecule is Clc1ccccc1Cn1cc2c(n1)C[C@H]1CC[C@H]2N1. The van der Waals surface area contributed by atoms with Crippen molar-refractivity contribution in [1.82, 2.24) is 15.1 Å². The molecule has 2 bridgehead atoms. The maximum absolute atomic E-state index is 6.21. The molecule has 4 rings (SSSR count). The number of fused-ring (bicyclic) bond motifs is 4. The van der Waals surface area contributed by atoms with Gasteiger partial charge in [0.05, 0.1) is 12.2 Å². The van der Waals surface area contributed by atoms with Crippen molar-refractivity contribution >= 4 is 11.6 Å². The Kier molecular flexibility index (Phi) is 2.64. The van der Waals surface area contributed by atoms with Crippen molar-refractivity contribution in [2.45, 2.75) is 37.9 Å². The van der Waals surface area contributed by atoms with Crippen LogP contribution in [-0.4, -0.2) is 15.8 Å². The summed E-state index contributed by atoms with van der Waals surface area (Å²) in [6.07, 6.45) is 5.79. The standard InChI is InChI=1S/C15H16ClN3/c16-13-4-2-1-3-10(13)8-19-9-12-14-6-5-11(17-14)7-15(12)18-19/h1-4,9,11,14,17H,5-8H2/t11-,14-/m1/s1. The van der Waals surface area contributed by atoms with E-state index >= 15 is 0 Å². The fourth-order valence-corrected chi connectivity index (χ4v) is 3.46. The molecular formula is C15H16ClN3. The molecule has 19 heavy (non-hydrogen) atoms. The highest BCUT2D eigenvalue weighted by atomic mass is 35.5. The first kappa shape index (κ1) is 11.5. The third-order valence-corrected chi connectivity index (χ3v) is 4.59. The van der Waals surface area contributed by atoms with Gasteiger partial charge in [-0.2, -0.15) is 5.10 Å². The summed E-state index contributed by atoms with van der Waals surface area (Å²) in [6, 6.07) is 9.14. The molecule has 3 nitrogen and oxygen atoms in total. The molecule has 0 aliphatic carbocycles. The molecule has 98 valence electrons. The van der Waals surface area contributed by atoms with Gasteiger partial charge in [0.2, 0.25) is 0 Å². The quantitative estimate of drug-likeness (QED) is 0.912. The van der Waals surface area contributed by atoms with Gasteiger partial charge in [0.25, 0.3) is 0 Å². The highest BCUT2D eigenvalue weighted by Gasteiger charge is 2.34. The first-order valence-corrected chi connectivity index (χ1v) is 7.23. The smallest absolute Gasteiger partial charge is 0.0688 e. The van der Waals surface area contributed by atoms with E-state index < -0.39 is 0 Å². The molecule has 1 fully saturated rings. The highest BCUT2D eigenvalue weighted by Crippen LogP contribution is 2.35. The van der Waals surface area contributed by atoms with Gasteiger partial charge in [-0.05, 0) is 24.5 Å². The van der Waals surface area contributed by atoms with Crippen LogP contribution in [0.5, 0.6) is 0 Å². The zero-order valence-corrected chi connectivity index (χ0v) is 11.4. The predicted molar refractivity (Wildman–Crippen MR) is 75.4 cm³/mol. The minimum atomic E-state index is 0.522. The van der Waals surface area contributed by atoms with Crippen molar-refractivity contribution in [1.29, 1.82) is 0 Å². The summed E-state index contributed by atoms with van der Waals surface area (Å²) in [5.41, 5.74) is 3.79. The Labute approximate surface area is 117 Å². The lowest BCUT2D eigenvalue weighted by Gasteiger charge is -2.19. The van der Waals surface area contributed by atoms with Crippen molar-refractivity contribution < 1.29 is 0 Å². The van der Waals surface area contributed by atoms with Crippen molar-refractivity contribution in [2.75, 3.05) is 0 Å². The molecule has 2 aliphatic rings. The normalized spacial score (nSPS) is 24.5. The molecule has 0 radical (unpaired) electrons. The van der Waals surface area contributed by atoms with Gasteiger partial charge in [0.1, 0.15) is 0 Å². The molecular weight excluding hydrogens is 258 g/mol. The van der Waals surface area contributed by atoms with Crippen LogP contribution in [0.3, 0.4) is 0 Å². The molecule has 0 unspecified atom stereocenters. The molecule has 4 heteroatoms. The van der Waals surface area contributed by atoms with Gasteiger partial charge >= 0.3 is 0 Å². The van der Waals surface area contributed by atoms with Crippen LogP contribution in [0, 0.1) is 0 Å². The van der Waals surface area contributed by atoms with Gasteiger partial charge in [-0.3, -0.25) is 4.68 Å². The van der Waals surface area contributed by atoms with Gasteiger partial charge in [0.15, 0.2) is 0 Å². The van der Waals surface area contributed by atoms with Crippen molar-refractivity contribution in [3.63, 3.8) is 0 Å². The largest absolute Gasteiger partial charge is 0.307 e. The van der Waals surface area contributed by atoms with E-state index in [1.807, 2.05) is 22.9 Å². The third-order valence-electron chi connectivity index (χ3n) is 4.22. The van der Waals surface area contributed by atoms with E-state index in [0.717, 1.165) is 23.6 Å². The molecule has 2 aliphatic heterocycles. The van der Waals surface area contributed by atoms with Crippen LogP contribution in [0.1, 0.15) is 35.7 Å². The second kappa shape index (κ2) is 4.36. The number of hydrogen-bond acceptors (Lipinski definition) is 2. The summed E-state index contributed by atoms with van der Waals surface area (Å²) in [7, 11) is 0. The van der Waals surface area contributed by atoms with Gasteiger partial charge in [-0.1, -0.05) is 29.8 Å². The Bertz CT molecular complexity index is 620. The van der Waals surface area contributed by atoms with Gasteiger partial charge < -0.3 is 5.32 Å². The molecule has 2 aromatic rings. The Morgan fingerprint density at radius 1 is 1.32 bits per heavy atom. The zero-order valence-electron chi connectivity index (χ0n) is 10.6. The summed E-state index contributed by atoms with van der Waals surface area (Å²) in [6.45, 7) is 0.754. The Balaban J connectivity index is 1.64. The van der Waals surface area contributed by atoms with E-state index in [0.29, 0.717) is 12.1 Å². The average Bonchev–Trinajstić information content (AvgIpc) is 2.98. The molecule has 0 saturated carbocycles. The molecule has 1 saturated heterocycles. The van der Waals surface area contributed by atoms with Crippen LogP contribution < -0.4 is 5.32 Å². The van der Waals surface area contributed by atoms with Crippen LogP contribution in [0.25, 0.3) is 0 Å². The number of nitrogens with zero attached hydrogens (tertiary/aromatic N) is 2. The van der Waals surface area contributed by atoms with Crippen LogP contribution >= 0.6 is 11.6 Å². The second-order valence-corrected chi connectivity index (χ2v) is 5.92. The minimum absolute atomic E-state index is 0.522. The van der Waals surface area contributed by atoms with E-state index in [4.69, 9.17) is 16.7 Å². The van der Waals surface area contributed by atoms with Crippen molar-refractivity contribution in [2.24, 2.45) is 0 Å². The summed E-state index contributed by atoms with van der Waals surface area (Å²) >= 11 is 6.21. The molecule has 1 aromatic carbocycles. The average molecular weight is 274 g/mol. The fraction of sp³-hybridized carbons (Fsp3) is 0.400. The predicted octanol–water partition coefficient (Wildman–Crippen LogP) is 2.93. The second-order valence-electron chi connectivity index (χ2n) is 5.52. The van der Waals surface area contributed by atoms with E-state index in [9.17, 15) is 0 Å². The highest BCUT2D eigenvalue weighted by molar-refractivity contribution is 6.31. The molecule has 0 spiro atoms. The first-order chi connectivity index (χ1) is 9.29. The van der Waals surface area contributed by atoms with Crippen LogP contribution in [0.15, 0.2) is 30.5 Å². The lowest BCUT2D eigenvalue weighted by molar-refractivity contribution is 0.509. The Morgan fingerprint density at radius 2 is 2.21 bits per heavy atom. The molecule has 3 heterocycles. The monoisotopic (exact) mass is 273 g/mol. The minimum Gasteiger partial charge on any atom is -0.307 e. The number of nitrogens with one attached hydrogen (secondary N) is 1. The maximum Gasteiger partial charge on any atom is 0.0688 e. The molecule has 1 N–H and O–H groups in total. The lowest BCUT2D eigenvalue weighted by atomic mass is 10.0. The zero-order chi connectivity index (χ0) is 12.8. The molecule has 2 atom stereocenters. The van der Waals surface area contributed by atoms with Gasteiger partial charge in [0, 0.05) is 35.3 Å². The molecule has 0 amide bonds. The Hall–Kier alpha value is -1.32. The maximum atomic E-state index is 6.21. The van der Waals surface area contributed by atoms with Crippen molar-refractivity contribution in [3.05, 3.63) is 52.3 Å². The van der Waals surface area contributed by atoms with Crippen molar-refractivity contribution in [3.8, 4) is 0 Å². The van der Waals surface area contributed by atoms with Gasteiger partial charge in [-0.25, -0.2) is 0 Å². The Morgan fingerprint density at radius 3 is 3.11 bits per heavy atom. The van der Waals surface area contributed by atoms with E-state index in [1.54, 1.807) is 0 Å². The van der Waals surface area contributed by atoms with Gasteiger partial charge in [-0.15, -0.1) is 0 Å².